The second-order valence-corrected chi connectivity index (χ2v) is 7.64. The van der Waals surface area contributed by atoms with Crippen LogP contribution in [0, 0.1) is 0 Å². The number of rotatable bonds is 6. The highest BCUT2D eigenvalue weighted by atomic mass is 32.2. The largest absolute Gasteiger partial charge is 0.360 e. The first-order valence-electron chi connectivity index (χ1n) is 8.94. The van der Waals surface area contributed by atoms with Crippen LogP contribution in [-0.4, -0.2) is 30.5 Å². The standard InChI is InChI=1S/C20H19N5S/c1-2-7-18-16(6-1)17(13-22-18)19-23-24-20(25(19)15-8-9-15)26-12-10-14-5-3-4-11-21-14/h1-7,11,13,15,22H,8-10,12H2. The normalized spacial score (nSPS) is 14.2. The van der Waals surface area contributed by atoms with Crippen molar-refractivity contribution in [3.63, 3.8) is 0 Å². The third-order valence-corrected chi connectivity index (χ3v) is 5.67. The lowest BCUT2D eigenvalue weighted by Crippen LogP contribution is -2.00. The summed E-state index contributed by atoms with van der Waals surface area (Å²) < 4.78 is 2.33. The predicted molar refractivity (Wildman–Crippen MR) is 104 cm³/mol. The minimum Gasteiger partial charge on any atom is -0.360 e. The number of aryl methyl sites for hydroxylation is 1. The molecule has 0 aliphatic heterocycles. The maximum Gasteiger partial charge on any atom is 0.191 e. The van der Waals surface area contributed by atoms with Crippen LogP contribution in [0.3, 0.4) is 0 Å². The summed E-state index contributed by atoms with van der Waals surface area (Å²) in [5, 5.41) is 11.3. The first kappa shape index (κ1) is 15.6. The summed E-state index contributed by atoms with van der Waals surface area (Å²) in [5.41, 5.74) is 3.39. The summed E-state index contributed by atoms with van der Waals surface area (Å²) in [6, 6.07) is 14.9. The van der Waals surface area contributed by atoms with E-state index in [-0.39, 0.29) is 0 Å². The molecule has 5 nitrogen and oxygen atoms in total. The van der Waals surface area contributed by atoms with E-state index >= 15 is 0 Å². The van der Waals surface area contributed by atoms with E-state index in [1.54, 1.807) is 11.8 Å². The third kappa shape index (κ3) is 2.90. The molecule has 5 rings (SSSR count). The number of hydrogen-bond acceptors (Lipinski definition) is 4. The molecule has 6 heteroatoms. The number of aromatic amines is 1. The van der Waals surface area contributed by atoms with Crippen LogP contribution in [0.4, 0.5) is 0 Å². The summed E-state index contributed by atoms with van der Waals surface area (Å²) in [7, 11) is 0. The molecule has 0 atom stereocenters. The molecule has 1 fully saturated rings. The first-order valence-corrected chi connectivity index (χ1v) is 9.93. The Morgan fingerprint density at radius 1 is 1.08 bits per heavy atom. The van der Waals surface area contributed by atoms with Crippen molar-refractivity contribution >= 4 is 22.7 Å². The van der Waals surface area contributed by atoms with Crippen LogP contribution >= 0.6 is 11.8 Å². The van der Waals surface area contributed by atoms with Gasteiger partial charge in [0.05, 0.1) is 0 Å². The zero-order chi connectivity index (χ0) is 17.3. The second-order valence-electron chi connectivity index (χ2n) is 6.57. The zero-order valence-electron chi connectivity index (χ0n) is 14.3. The monoisotopic (exact) mass is 361 g/mol. The summed E-state index contributed by atoms with van der Waals surface area (Å²) in [4.78, 5) is 7.75. The maximum absolute atomic E-state index is 4.55. The van der Waals surface area contributed by atoms with Crippen LogP contribution in [0.2, 0.25) is 0 Å². The number of H-pyrrole nitrogens is 1. The minimum atomic E-state index is 0.533. The molecule has 4 aromatic rings. The molecule has 0 spiro atoms. The van der Waals surface area contributed by atoms with Gasteiger partial charge < -0.3 is 4.98 Å². The first-order chi connectivity index (χ1) is 12.9. The number of para-hydroxylation sites is 1. The maximum atomic E-state index is 4.55. The Morgan fingerprint density at radius 3 is 2.81 bits per heavy atom. The number of nitrogens with one attached hydrogen (secondary N) is 1. The summed E-state index contributed by atoms with van der Waals surface area (Å²) >= 11 is 1.77. The van der Waals surface area contributed by atoms with Crippen LogP contribution in [0.25, 0.3) is 22.3 Å². The lowest BCUT2D eigenvalue weighted by atomic mass is 10.1. The highest BCUT2D eigenvalue weighted by Crippen LogP contribution is 2.42. The number of pyridine rings is 1. The molecular weight excluding hydrogens is 342 g/mol. The molecule has 3 heterocycles. The summed E-state index contributed by atoms with van der Waals surface area (Å²) in [6.45, 7) is 0. The van der Waals surface area contributed by atoms with Gasteiger partial charge in [0.1, 0.15) is 0 Å². The fraction of sp³-hybridized carbons (Fsp3) is 0.250. The molecule has 3 aromatic heterocycles. The molecule has 1 saturated carbocycles. The average Bonchev–Trinajstić information content (AvgIpc) is 3.30. The van der Waals surface area contributed by atoms with Gasteiger partial charge in [-0.05, 0) is 37.5 Å². The Morgan fingerprint density at radius 2 is 1.96 bits per heavy atom. The Hall–Kier alpha value is -2.60. The van der Waals surface area contributed by atoms with E-state index in [1.165, 1.54) is 18.2 Å². The van der Waals surface area contributed by atoms with Crippen LogP contribution in [0.1, 0.15) is 24.6 Å². The molecule has 0 bridgehead atoms. The third-order valence-electron chi connectivity index (χ3n) is 4.72. The number of fused-ring (bicyclic) bond motifs is 1. The molecule has 0 saturated heterocycles. The van der Waals surface area contributed by atoms with Gasteiger partial charge in [-0.2, -0.15) is 0 Å². The molecule has 1 aliphatic carbocycles. The molecule has 130 valence electrons. The van der Waals surface area contributed by atoms with Gasteiger partial charge in [0, 0.05) is 46.3 Å². The molecule has 1 N–H and O–H groups in total. The molecule has 0 amide bonds. The van der Waals surface area contributed by atoms with Crippen molar-refractivity contribution in [3.05, 3.63) is 60.6 Å². The van der Waals surface area contributed by atoms with Gasteiger partial charge >= 0.3 is 0 Å². The van der Waals surface area contributed by atoms with E-state index in [1.807, 2.05) is 24.4 Å². The topological polar surface area (TPSA) is 59.4 Å². The SMILES string of the molecule is c1ccc(CCSc2nnc(-c3c[nH]c4ccccc34)n2C2CC2)nc1. The number of aromatic nitrogens is 5. The Kier molecular flexibility index (Phi) is 3.97. The van der Waals surface area contributed by atoms with Gasteiger partial charge in [0.25, 0.3) is 0 Å². The smallest absolute Gasteiger partial charge is 0.191 e. The van der Waals surface area contributed by atoms with Gasteiger partial charge in [-0.3, -0.25) is 9.55 Å². The molecule has 0 unspecified atom stereocenters. The van der Waals surface area contributed by atoms with Gasteiger partial charge in [-0.25, -0.2) is 0 Å². The van der Waals surface area contributed by atoms with Crippen LogP contribution in [0.5, 0.6) is 0 Å². The lowest BCUT2D eigenvalue weighted by molar-refractivity contribution is 0.669. The quantitative estimate of drug-likeness (QED) is 0.514. The second kappa shape index (κ2) is 6.61. The molecule has 0 radical (unpaired) electrons. The summed E-state index contributed by atoms with van der Waals surface area (Å²) in [5.74, 6) is 1.93. The van der Waals surface area contributed by atoms with E-state index in [2.05, 4.69) is 55.2 Å². The number of hydrogen-bond donors (Lipinski definition) is 1. The zero-order valence-corrected chi connectivity index (χ0v) is 15.1. The highest BCUT2D eigenvalue weighted by Gasteiger charge is 2.30. The Labute approximate surface area is 155 Å². The molecule has 26 heavy (non-hydrogen) atoms. The van der Waals surface area contributed by atoms with Crippen molar-refractivity contribution in [2.24, 2.45) is 0 Å². The van der Waals surface area contributed by atoms with Gasteiger partial charge in [-0.15, -0.1) is 10.2 Å². The minimum absolute atomic E-state index is 0.533. The Balaban J connectivity index is 1.43. The van der Waals surface area contributed by atoms with Crippen LogP contribution in [-0.2, 0) is 6.42 Å². The molecule has 1 aliphatic rings. The van der Waals surface area contributed by atoms with Gasteiger partial charge in [0.2, 0.25) is 0 Å². The predicted octanol–water partition coefficient (Wildman–Crippen LogP) is 4.49. The van der Waals surface area contributed by atoms with Crippen molar-refractivity contribution in [2.45, 2.75) is 30.5 Å². The average molecular weight is 361 g/mol. The van der Waals surface area contributed by atoms with Crippen molar-refractivity contribution < 1.29 is 0 Å². The van der Waals surface area contributed by atoms with Crippen molar-refractivity contribution in [3.8, 4) is 11.4 Å². The van der Waals surface area contributed by atoms with Crippen molar-refractivity contribution in [1.29, 1.82) is 0 Å². The lowest BCUT2D eigenvalue weighted by Gasteiger charge is -2.08. The van der Waals surface area contributed by atoms with E-state index in [9.17, 15) is 0 Å². The van der Waals surface area contributed by atoms with E-state index in [4.69, 9.17) is 0 Å². The van der Waals surface area contributed by atoms with Gasteiger partial charge in [-0.1, -0.05) is 36.0 Å². The van der Waals surface area contributed by atoms with Gasteiger partial charge in [0.15, 0.2) is 11.0 Å². The van der Waals surface area contributed by atoms with Crippen LogP contribution in [0.15, 0.2) is 60.0 Å². The molecule has 1 aromatic carbocycles. The fourth-order valence-corrected chi connectivity index (χ4v) is 4.24. The van der Waals surface area contributed by atoms with Crippen LogP contribution < -0.4 is 0 Å². The Bertz CT molecular complexity index is 1030. The van der Waals surface area contributed by atoms with Crippen molar-refractivity contribution in [2.75, 3.05) is 5.75 Å². The van der Waals surface area contributed by atoms with E-state index in [0.29, 0.717) is 6.04 Å². The summed E-state index contributed by atoms with van der Waals surface area (Å²) in [6.07, 6.45) is 7.26. The van der Waals surface area contributed by atoms with Crippen molar-refractivity contribution in [1.82, 2.24) is 24.7 Å². The number of nitrogens with zero attached hydrogens (tertiary/aromatic N) is 4. The number of benzene rings is 1. The van der Waals surface area contributed by atoms with E-state index < -0.39 is 0 Å². The number of thioether (sulfide) groups is 1. The van der Waals surface area contributed by atoms with E-state index in [0.717, 1.165) is 39.9 Å². The molecular formula is C20H19N5S. The fourth-order valence-electron chi connectivity index (χ4n) is 3.27. The highest BCUT2D eigenvalue weighted by molar-refractivity contribution is 7.99.